The molecule has 0 aromatic heterocycles. The zero-order chi connectivity index (χ0) is 14.8. The zero-order valence-corrected chi connectivity index (χ0v) is 13.1. The fraction of sp³-hybridized carbons (Fsp3) is 0.588. The number of urea groups is 1. The van der Waals surface area contributed by atoms with Gasteiger partial charge in [0.15, 0.2) is 0 Å². The number of rotatable bonds is 8. The van der Waals surface area contributed by atoms with Crippen LogP contribution >= 0.6 is 0 Å². The Hall–Kier alpha value is -1.51. The summed E-state index contributed by atoms with van der Waals surface area (Å²) in [5, 5.41) is 3.04. The molecular formula is C17H28N2O. The molecule has 0 saturated carbocycles. The minimum absolute atomic E-state index is 0.0650. The summed E-state index contributed by atoms with van der Waals surface area (Å²) in [7, 11) is 0. The quantitative estimate of drug-likeness (QED) is 0.761. The Bertz CT molecular complexity index is 396. The molecule has 0 unspecified atom stereocenters. The van der Waals surface area contributed by atoms with E-state index in [0.717, 1.165) is 38.8 Å². The first kappa shape index (κ1) is 16.5. The predicted molar refractivity (Wildman–Crippen MR) is 84.8 cm³/mol. The Balaban J connectivity index is 2.50. The largest absolute Gasteiger partial charge is 0.334 e. The van der Waals surface area contributed by atoms with Crippen molar-refractivity contribution in [1.82, 2.24) is 10.2 Å². The third-order valence-electron chi connectivity index (χ3n) is 3.54. The maximum atomic E-state index is 12.3. The Kier molecular flexibility index (Phi) is 7.78. The lowest BCUT2D eigenvalue weighted by molar-refractivity contribution is 0.195. The van der Waals surface area contributed by atoms with Gasteiger partial charge in [-0.1, -0.05) is 51.0 Å². The zero-order valence-electron chi connectivity index (χ0n) is 13.1. The van der Waals surface area contributed by atoms with E-state index in [1.165, 1.54) is 11.1 Å². The first-order chi connectivity index (χ1) is 9.69. The van der Waals surface area contributed by atoms with Crippen LogP contribution in [0.1, 0.15) is 50.7 Å². The lowest BCUT2D eigenvalue weighted by Crippen LogP contribution is -2.40. The van der Waals surface area contributed by atoms with E-state index in [-0.39, 0.29) is 6.03 Å². The molecule has 1 rings (SSSR count). The van der Waals surface area contributed by atoms with E-state index >= 15 is 0 Å². The van der Waals surface area contributed by atoms with Crippen molar-refractivity contribution in [1.29, 1.82) is 0 Å². The molecule has 2 amide bonds. The lowest BCUT2D eigenvalue weighted by Gasteiger charge is -2.23. The summed E-state index contributed by atoms with van der Waals surface area (Å²) < 4.78 is 0. The Morgan fingerprint density at radius 3 is 2.25 bits per heavy atom. The van der Waals surface area contributed by atoms with E-state index in [0.29, 0.717) is 6.54 Å². The molecule has 0 spiro atoms. The molecule has 0 atom stereocenters. The summed E-state index contributed by atoms with van der Waals surface area (Å²) in [5.41, 5.74) is 2.41. The maximum Gasteiger partial charge on any atom is 0.317 e. The fourth-order valence-electron chi connectivity index (χ4n) is 2.10. The number of nitrogens with zero attached hydrogens (tertiary/aromatic N) is 1. The first-order valence-corrected chi connectivity index (χ1v) is 7.76. The maximum absolute atomic E-state index is 12.3. The molecule has 0 saturated heterocycles. The topological polar surface area (TPSA) is 32.3 Å². The first-order valence-electron chi connectivity index (χ1n) is 7.76. The summed E-state index contributed by atoms with van der Waals surface area (Å²) >= 11 is 0. The van der Waals surface area contributed by atoms with E-state index in [2.05, 4.69) is 38.2 Å². The van der Waals surface area contributed by atoms with Crippen molar-refractivity contribution >= 4 is 6.03 Å². The number of hydrogen-bond acceptors (Lipinski definition) is 1. The minimum atomic E-state index is 0.0650. The van der Waals surface area contributed by atoms with Gasteiger partial charge in [0, 0.05) is 19.6 Å². The van der Waals surface area contributed by atoms with E-state index in [4.69, 9.17) is 0 Å². The van der Waals surface area contributed by atoms with Crippen LogP contribution in [-0.4, -0.2) is 24.0 Å². The number of aryl methyl sites for hydroxylation is 1. The SMILES string of the molecule is CCCCN(CCCC)C(=O)NCc1ccccc1C. The molecule has 0 aliphatic rings. The molecule has 0 radical (unpaired) electrons. The molecule has 1 aromatic rings. The molecule has 20 heavy (non-hydrogen) atoms. The standard InChI is InChI=1S/C17H28N2O/c1-4-6-12-19(13-7-5-2)17(20)18-14-16-11-9-8-10-15(16)3/h8-11H,4-7,12-14H2,1-3H3,(H,18,20). The average molecular weight is 276 g/mol. The molecule has 0 aliphatic carbocycles. The van der Waals surface area contributed by atoms with Gasteiger partial charge in [0.1, 0.15) is 0 Å². The van der Waals surface area contributed by atoms with Gasteiger partial charge >= 0.3 is 6.03 Å². The van der Waals surface area contributed by atoms with E-state index in [1.807, 2.05) is 17.0 Å². The second-order valence-electron chi connectivity index (χ2n) is 5.28. The van der Waals surface area contributed by atoms with Crippen molar-refractivity contribution in [3.63, 3.8) is 0 Å². The van der Waals surface area contributed by atoms with Crippen molar-refractivity contribution in [3.8, 4) is 0 Å². The van der Waals surface area contributed by atoms with Crippen LogP contribution in [0.3, 0.4) is 0 Å². The number of benzene rings is 1. The highest BCUT2D eigenvalue weighted by Gasteiger charge is 2.12. The molecule has 112 valence electrons. The number of carbonyl (C=O) groups is 1. The van der Waals surface area contributed by atoms with Crippen molar-refractivity contribution < 1.29 is 4.79 Å². The highest BCUT2D eigenvalue weighted by molar-refractivity contribution is 5.74. The van der Waals surface area contributed by atoms with Crippen molar-refractivity contribution in [2.45, 2.75) is 53.0 Å². The highest BCUT2D eigenvalue weighted by atomic mass is 16.2. The molecule has 3 heteroatoms. The third kappa shape index (κ3) is 5.64. The Morgan fingerprint density at radius 1 is 1.10 bits per heavy atom. The monoisotopic (exact) mass is 276 g/mol. The van der Waals surface area contributed by atoms with Gasteiger partial charge in [0.05, 0.1) is 0 Å². The van der Waals surface area contributed by atoms with E-state index in [1.54, 1.807) is 0 Å². The molecular weight excluding hydrogens is 248 g/mol. The molecule has 0 fully saturated rings. The number of unbranched alkanes of at least 4 members (excludes halogenated alkanes) is 2. The number of carbonyl (C=O) groups excluding carboxylic acids is 1. The molecule has 1 N–H and O–H groups in total. The van der Waals surface area contributed by atoms with Crippen molar-refractivity contribution in [3.05, 3.63) is 35.4 Å². The van der Waals surface area contributed by atoms with Crippen LogP contribution in [0.15, 0.2) is 24.3 Å². The van der Waals surface area contributed by atoms with Gasteiger partial charge in [0.25, 0.3) is 0 Å². The lowest BCUT2D eigenvalue weighted by atomic mass is 10.1. The van der Waals surface area contributed by atoms with Gasteiger partial charge < -0.3 is 10.2 Å². The Morgan fingerprint density at radius 2 is 1.70 bits per heavy atom. The molecule has 0 aliphatic heterocycles. The summed E-state index contributed by atoms with van der Waals surface area (Å²) in [4.78, 5) is 14.2. The molecule has 3 nitrogen and oxygen atoms in total. The fourth-order valence-corrected chi connectivity index (χ4v) is 2.10. The Labute approximate surface area is 123 Å². The van der Waals surface area contributed by atoms with E-state index in [9.17, 15) is 4.79 Å². The van der Waals surface area contributed by atoms with Gasteiger partial charge in [-0.15, -0.1) is 0 Å². The molecule has 1 aromatic carbocycles. The minimum Gasteiger partial charge on any atom is -0.334 e. The van der Waals surface area contributed by atoms with Crippen LogP contribution in [0.25, 0.3) is 0 Å². The average Bonchev–Trinajstić information content (AvgIpc) is 2.46. The van der Waals surface area contributed by atoms with Crippen LogP contribution in [0.5, 0.6) is 0 Å². The smallest absolute Gasteiger partial charge is 0.317 e. The van der Waals surface area contributed by atoms with Crippen LogP contribution in [0, 0.1) is 6.92 Å². The van der Waals surface area contributed by atoms with Crippen LogP contribution in [-0.2, 0) is 6.54 Å². The van der Waals surface area contributed by atoms with Gasteiger partial charge in [-0.25, -0.2) is 4.79 Å². The molecule has 0 bridgehead atoms. The van der Waals surface area contributed by atoms with Crippen LogP contribution < -0.4 is 5.32 Å². The number of nitrogens with one attached hydrogen (secondary N) is 1. The summed E-state index contributed by atoms with van der Waals surface area (Å²) in [6.07, 6.45) is 4.38. The van der Waals surface area contributed by atoms with E-state index < -0.39 is 0 Å². The second kappa shape index (κ2) is 9.40. The van der Waals surface area contributed by atoms with Crippen molar-refractivity contribution in [2.24, 2.45) is 0 Å². The number of hydrogen-bond donors (Lipinski definition) is 1. The van der Waals surface area contributed by atoms with Gasteiger partial charge in [-0.05, 0) is 30.9 Å². The second-order valence-corrected chi connectivity index (χ2v) is 5.28. The molecule has 0 heterocycles. The van der Waals surface area contributed by atoms with Crippen LogP contribution in [0.4, 0.5) is 4.79 Å². The third-order valence-corrected chi connectivity index (χ3v) is 3.54. The van der Waals surface area contributed by atoms with Gasteiger partial charge in [-0.3, -0.25) is 0 Å². The number of amides is 2. The summed E-state index contributed by atoms with van der Waals surface area (Å²) in [6, 6.07) is 8.25. The van der Waals surface area contributed by atoms with Gasteiger partial charge in [-0.2, -0.15) is 0 Å². The normalized spacial score (nSPS) is 10.3. The predicted octanol–water partition coefficient (Wildman–Crippen LogP) is 4.11. The van der Waals surface area contributed by atoms with Crippen LogP contribution in [0.2, 0.25) is 0 Å². The van der Waals surface area contributed by atoms with Gasteiger partial charge in [0.2, 0.25) is 0 Å². The van der Waals surface area contributed by atoms with Crippen molar-refractivity contribution in [2.75, 3.05) is 13.1 Å². The highest BCUT2D eigenvalue weighted by Crippen LogP contribution is 2.07. The summed E-state index contributed by atoms with van der Waals surface area (Å²) in [5.74, 6) is 0. The summed E-state index contributed by atoms with van der Waals surface area (Å²) in [6.45, 7) is 8.71.